The van der Waals surface area contributed by atoms with Crippen molar-refractivity contribution in [2.75, 3.05) is 22.0 Å². The number of hydrazine groups is 1. The second-order valence-corrected chi connectivity index (χ2v) is 7.96. The molecule has 0 saturated carbocycles. The summed E-state index contributed by atoms with van der Waals surface area (Å²) in [4.78, 5) is 12.3. The molecule has 0 aliphatic carbocycles. The van der Waals surface area contributed by atoms with Crippen LogP contribution in [0.5, 0.6) is 0 Å². The van der Waals surface area contributed by atoms with Crippen LogP contribution in [-0.4, -0.2) is 26.6 Å². The van der Waals surface area contributed by atoms with Gasteiger partial charge in [-0.15, -0.1) is 0 Å². The summed E-state index contributed by atoms with van der Waals surface area (Å²) in [6.45, 7) is 0.343. The van der Waals surface area contributed by atoms with Crippen LogP contribution in [0.15, 0.2) is 48.5 Å². The van der Waals surface area contributed by atoms with E-state index < -0.39 is 27.7 Å². The third kappa shape index (κ3) is 4.33. The molecule has 0 unspecified atom stereocenters. The Bertz CT molecular complexity index is 961. The van der Waals surface area contributed by atoms with Crippen LogP contribution in [-0.2, 0) is 16.2 Å². The Morgan fingerprint density at radius 1 is 1.07 bits per heavy atom. The lowest BCUT2D eigenvalue weighted by Gasteiger charge is -2.17. The molecule has 27 heavy (non-hydrogen) atoms. The molecular formula is C17H16F3N3O3S. The molecule has 0 radical (unpaired) electrons. The highest BCUT2D eigenvalue weighted by atomic mass is 32.2. The molecule has 0 bridgehead atoms. The summed E-state index contributed by atoms with van der Waals surface area (Å²) in [6, 6.07) is 10.4. The number of nitrogens with one attached hydrogen (secondary N) is 2. The van der Waals surface area contributed by atoms with Gasteiger partial charge >= 0.3 is 6.18 Å². The van der Waals surface area contributed by atoms with Crippen molar-refractivity contribution >= 4 is 27.3 Å². The zero-order valence-corrected chi connectivity index (χ0v) is 14.8. The lowest BCUT2D eigenvalue weighted by Crippen LogP contribution is -2.30. The molecule has 2 aromatic carbocycles. The number of hydrogen-bond acceptors (Lipinski definition) is 4. The maximum atomic E-state index is 12.7. The summed E-state index contributed by atoms with van der Waals surface area (Å²) in [7, 11) is -3.38. The van der Waals surface area contributed by atoms with E-state index >= 15 is 0 Å². The first-order valence-corrected chi connectivity index (χ1v) is 9.62. The molecule has 1 fully saturated rings. The molecule has 2 aromatic rings. The molecule has 1 saturated heterocycles. The van der Waals surface area contributed by atoms with Crippen LogP contribution in [0, 0.1) is 0 Å². The van der Waals surface area contributed by atoms with Gasteiger partial charge in [0.2, 0.25) is 10.0 Å². The monoisotopic (exact) mass is 399 g/mol. The van der Waals surface area contributed by atoms with E-state index in [9.17, 15) is 26.4 Å². The fourth-order valence-electron chi connectivity index (χ4n) is 2.71. The van der Waals surface area contributed by atoms with Gasteiger partial charge in [-0.2, -0.15) is 13.2 Å². The van der Waals surface area contributed by atoms with Crippen LogP contribution in [0.4, 0.5) is 24.5 Å². The molecule has 6 nitrogen and oxygen atoms in total. The Morgan fingerprint density at radius 2 is 1.81 bits per heavy atom. The number of halogens is 3. The van der Waals surface area contributed by atoms with Crippen LogP contribution in [0.1, 0.15) is 22.3 Å². The number of alkyl halides is 3. The van der Waals surface area contributed by atoms with Crippen molar-refractivity contribution in [2.45, 2.75) is 12.6 Å². The molecular weight excluding hydrogens is 383 g/mol. The van der Waals surface area contributed by atoms with Crippen LogP contribution < -0.4 is 15.2 Å². The van der Waals surface area contributed by atoms with Gasteiger partial charge in [-0.3, -0.25) is 20.0 Å². The predicted octanol–water partition coefficient (Wildman–Crippen LogP) is 3.00. The van der Waals surface area contributed by atoms with E-state index in [2.05, 4.69) is 10.9 Å². The van der Waals surface area contributed by atoms with E-state index in [1.54, 1.807) is 12.1 Å². The second kappa shape index (κ2) is 7.10. The first kappa shape index (κ1) is 19.0. The Kier molecular flexibility index (Phi) is 5.01. The lowest BCUT2D eigenvalue weighted by molar-refractivity contribution is -0.137. The van der Waals surface area contributed by atoms with E-state index in [4.69, 9.17) is 0 Å². The molecule has 1 amide bonds. The summed E-state index contributed by atoms with van der Waals surface area (Å²) in [5.74, 6) is -0.550. The Labute approximate surface area is 154 Å². The number of nitrogens with zero attached hydrogens (tertiary/aromatic N) is 1. The maximum absolute atomic E-state index is 12.7. The van der Waals surface area contributed by atoms with E-state index in [0.717, 1.165) is 12.1 Å². The van der Waals surface area contributed by atoms with Crippen molar-refractivity contribution in [3.63, 3.8) is 0 Å². The van der Waals surface area contributed by atoms with Crippen LogP contribution >= 0.6 is 0 Å². The normalized spacial score (nSPS) is 16.2. The Hall–Kier alpha value is -2.75. The average Bonchev–Trinajstić information content (AvgIpc) is 2.98. The standard InChI is InChI=1S/C17H16F3N3O3S/c18-17(19,20)13-5-2-6-14(11-13)21-22-16(24)12-4-1-7-15(10-12)23-8-3-9-27(23,25)26/h1-2,4-7,10-11,21H,3,8-9H2,(H,22,24). The topological polar surface area (TPSA) is 78.5 Å². The van der Waals surface area contributed by atoms with Crippen molar-refractivity contribution in [3.8, 4) is 0 Å². The van der Waals surface area contributed by atoms with E-state index in [0.29, 0.717) is 18.7 Å². The number of amides is 1. The second-order valence-electron chi connectivity index (χ2n) is 5.95. The smallest absolute Gasteiger partial charge is 0.298 e. The van der Waals surface area contributed by atoms with Gasteiger partial charge in [0.15, 0.2) is 0 Å². The fraction of sp³-hybridized carbons (Fsp3) is 0.235. The minimum Gasteiger partial charge on any atom is -0.298 e. The zero-order valence-electron chi connectivity index (χ0n) is 14.0. The number of anilines is 2. The van der Waals surface area contributed by atoms with Gasteiger partial charge in [0.1, 0.15) is 0 Å². The highest BCUT2D eigenvalue weighted by Gasteiger charge is 2.30. The Balaban J connectivity index is 1.71. The SMILES string of the molecule is O=C(NNc1cccc(C(F)(F)F)c1)c1cccc(N2CCCS2(=O)=O)c1. The van der Waals surface area contributed by atoms with Gasteiger partial charge in [-0.25, -0.2) is 8.42 Å². The van der Waals surface area contributed by atoms with Gasteiger partial charge in [-0.05, 0) is 42.8 Å². The van der Waals surface area contributed by atoms with Gasteiger partial charge in [-0.1, -0.05) is 12.1 Å². The fourth-order valence-corrected chi connectivity index (χ4v) is 4.26. The quantitative estimate of drug-likeness (QED) is 0.775. The van der Waals surface area contributed by atoms with E-state index in [1.165, 1.54) is 28.6 Å². The minimum atomic E-state index is -4.49. The largest absolute Gasteiger partial charge is 0.416 e. The van der Waals surface area contributed by atoms with Crippen LogP contribution in [0.2, 0.25) is 0 Å². The number of rotatable bonds is 4. The van der Waals surface area contributed by atoms with Gasteiger partial charge in [0.25, 0.3) is 5.91 Å². The third-order valence-corrected chi connectivity index (χ3v) is 5.88. The molecule has 0 spiro atoms. The van der Waals surface area contributed by atoms with Gasteiger partial charge in [0.05, 0.1) is 22.7 Å². The maximum Gasteiger partial charge on any atom is 0.416 e. The lowest BCUT2D eigenvalue weighted by atomic mass is 10.2. The third-order valence-electron chi connectivity index (χ3n) is 4.01. The molecule has 2 N–H and O–H groups in total. The van der Waals surface area contributed by atoms with Crippen molar-refractivity contribution in [1.82, 2.24) is 5.43 Å². The number of hydrogen-bond donors (Lipinski definition) is 2. The minimum absolute atomic E-state index is 0.0561. The highest BCUT2D eigenvalue weighted by Crippen LogP contribution is 2.30. The summed E-state index contributed by atoms with van der Waals surface area (Å²) in [6.07, 6.45) is -3.98. The first-order valence-electron chi connectivity index (χ1n) is 8.01. The summed E-state index contributed by atoms with van der Waals surface area (Å²) >= 11 is 0. The molecule has 1 aliphatic rings. The zero-order chi connectivity index (χ0) is 19.7. The Morgan fingerprint density at radius 3 is 2.48 bits per heavy atom. The molecule has 0 atom stereocenters. The first-order chi connectivity index (χ1) is 12.7. The number of benzene rings is 2. The number of carbonyl (C=O) groups is 1. The molecule has 1 aliphatic heterocycles. The molecule has 144 valence electrons. The van der Waals surface area contributed by atoms with E-state index in [-0.39, 0.29) is 17.0 Å². The van der Waals surface area contributed by atoms with Crippen LogP contribution in [0.3, 0.4) is 0 Å². The number of sulfonamides is 1. The predicted molar refractivity (Wildman–Crippen MR) is 94.7 cm³/mol. The van der Waals surface area contributed by atoms with Crippen LogP contribution in [0.25, 0.3) is 0 Å². The summed E-state index contributed by atoms with van der Waals surface area (Å²) in [5, 5.41) is 0. The molecule has 3 rings (SSSR count). The van der Waals surface area contributed by atoms with Crippen molar-refractivity contribution in [3.05, 3.63) is 59.7 Å². The van der Waals surface area contributed by atoms with Crippen molar-refractivity contribution in [2.24, 2.45) is 0 Å². The van der Waals surface area contributed by atoms with Crippen molar-refractivity contribution in [1.29, 1.82) is 0 Å². The molecule has 0 aromatic heterocycles. The number of carbonyl (C=O) groups excluding carboxylic acids is 1. The molecule has 1 heterocycles. The molecule has 10 heteroatoms. The average molecular weight is 399 g/mol. The summed E-state index contributed by atoms with van der Waals surface area (Å²) in [5.41, 5.74) is 4.51. The summed E-state index contributed by atoms with van der Waals surface area (Å²) < 4.78 is 63.4. The van der Waals surface area contributed by atoms with Gasteiger partial charge < -0.3 is 0 Å². The van der Waals surface area contributed by atoms with E-state index in [1.807, 2.05) is 0 Å². The van der Waals surface area contributed by atoms with Crippen molar-refractivity contribution < 1.29 is 26.4 Å². The highest BCUT2D eigenvalue weighted by molar-refractivity contribution is 7.93. The van der Waals surface area contributed by atoms with Gasteiger partial charge in [0, 0.05) is 12.1 Å².